The summed E-state index contributed by atoms with van der Waals surface area (Å²) in [7, 11) is 4.59. The summed E-state index contributed by atoms with van der Waals surface area (Å²) in [6.45, 7) is 3.81. The van der Waals surface area contributed by atoms with Crippen molar-refractivity contribution in [3.63, 3.8) is 0 Å². The van der Waals surface area contributed by atoms with Gasteiger partial charge in [-0.15, -0.1) is 0 Å². The van der Waals surface area contributed by atoms with Crippen LogP contribution in [0.3, 0.4) is 0 Å². The highest BCUT2D eigenvalue weighted by Gasteiger charge is 2.40. The van der Waals surface area contributed by atoms with Gasteiger partial charge in [-0.1, -0.05) is 6.92 Å². The van der Waals surface area contributed by atoms with Crippen LogP contribution in [0.15, 0.2) is 0 Å². The van der Waals surface area contributed by atoms with Gasteiger partial charge in [0.2, 0.25) is 0 Å². The molecular formula is C17H38O7Si2. The second-order valence-corrected chi connectivity index (χ2v) is 13.2. The van der Waals surface area contributed by atoms with E-state index in [0.717, 1.165) is 37.8 Å². The minimum absolute atomic E-state index is 0.0867. The summed E-state index contributed by atoms with van der Waals surface area (Å²) in [6, 6.07) is 1.47. The molecule has 0 atom stereocenters. The monoisotopic (exact) mass is 410 g/mol. The van der Waals surface area contributed by atoms with E-state index in [1.807, 2.05) is 0 Å². The molecular weight excluding hydrogens is 372 g/mol. The molecule has 0 saturated carbocycles. The summed E-state index contributed by atoms with van der Waals surface area (Å²) in [5, 5.41) is 0. The molecule has 0 aliphatic heterocycles. The van der Waals surface area contributed by atoms with Crippen LogP contribution in [0.25, 0.3) is 0 Å². The number of rotatable bonds is 16. The molecule has 9 heteroatoms. The van der Waals surface area contributed by atoms with Gasteiger partial charge < -0.3 is 31.4 Å². The molecule has 0 fully saturated rings. The normalized spacial score (nSPS) is 13.2. The number of Topliss-reactive ketones (excluding diaryl/α,β-unsaturated/α-hetero) is 1. The third kappa shape index (κ3) is 8.26. The van der Waals surface area contributed by atoms with E-state index in [1.54, 1.807) is 49.6 Å². The fourth-order valence-electron chi connectivity index (χ4n) is 3.48. The first kappa shape index (κ1) is 25.9. The minimum atomic E-state index is -2.57. The van der Waals surface area contributed by atoms with Crippen LogP contribution in [-0.4, -0.2) is 66.1 Å². The number of carbonyl (C=O) groups is 1. The number of ketones is 1. The Hall–Kier alpha value is -0.136. The van der Waals surface area contributed by atoms with Crippen molar-refractivity contribution < 1.29 is 31.4 Å². The maximum atomic E-state index is 11.8. The van der Waals surface area contributed by atoms with Gasteiger partial charge in [-0.2, -0.15) is 0 Å². The van der Waals surface area contributed by atoms with Crippen molar-refractivity contribution in [1.82, 2.24) is 0 Å². The molecule has 0 aromatic heterocycles. The zero-order valence-corrected chi connectivity index (χ0v) is 19.8. The fraction of sp³-hybridized carbons (Fsp3) is 0.941. The third-order valence-corrected chi connectivity index (χ3v) is 10.7. The van der Waals surface area contributed by atoms with E-state index in [-0.39, 0.29) is 11.2 Å². The first-order valence-corrected chi connectivity index (χ1v) is 12.9. The lowest BCUT2D eigenvalue weighted by molar-refractivity contribution is -0.119. The topological polar surface area (TPSA) is 72.5 Å². The van der Waals surface area contributed by atoms with E-state index in [2.05, 4.69) is 6.92 Å². The van der Waals surface area contributed by atoms with Crippen molar-refractivity contribution in [2.45, 2.75) is 58.0 Å². The summed E-state index contributed by atoms with van der Waals surface area (Å²) in [5.41, 5.74) is -0.0867. The molecule has 0 aliphatic carbocycles. The van der Waals surface area contributed by atoms with Gasteiger partial charge in [-0.05, 0) is 38.0 Å². The van der Waals surface area contributed by atoms with Crippen LogP contribution in [0.4, 0.5) is 0 Å². The molecule has 156 valence electrons. The molecule has 0 amide bonds. The van der Waals surface area contributed by atoms with Gasteiger partial charge in [-0.3, -0.25) is 0 Å². The van der Waals surface area contributed by atoms with Crippen LogP contribution in [0.5, 0.6) is 0 Å². The largest absolute Gasteiger partial charge is 0.500 e. The predicted octanol–water partition coefficient (Wildman–Crippen LogP) is 3.29. The maximum Gasteiger partial charge on any atom is 0.500 e. The molecule has 0 saturated heterocycles. The lowest BCUT2D eigenvalue weighted by atomic mass is 9.77. The highest BCUT2D eigenvalue weighted by atomic mass is 28.4. The summed E-state index contributed by atoms with van der Waals surface area (Å²) in [5.74, 6) is 0.204. The maximum absolute atomic E-state index is 11.8. The molecule has 7 nitrogen and oxygen atoms in total. The number of hydrogen-bond donors (Lipinski definition) is 0. The van der Waals surface area contributed by atoms with Crippen molar-refractivity contribution in [1.29, 1.82) is 0 Å². The van der Waals surface area contributed by atoms with Crippen molar-refractivity contribution in [2.75, 3.05) is 42.7 Å². The van der Waals surface area contributed by atoms with Crippen molar-refractivity contribution in [3.8, 4) is 0 Å². The minimum Gasteiger partial charge on any atom is -0.377 e. The number of carbonyl (C=O) groups excluding carboxylic acids is 1. The van der Waals surface area contributed by atoms with Crippen molar-refractivity contribution in [2.24, 2.45) is 5.41 Å². The van der Waals surface area contributed by atoms with E-state index in [0.29, 0.717) is 6.42 Å². The van der Waals surface area contributed by atoms with E-state index in [1.165, 1.54) is 0 Å². The van der Waals surface area contributed by atoms with Crippen molar-refractivity contribution >= 4 is 23.4 Å². The van der Waals surface area contributed by atoms with Gasteiger partial charge in [0.15, 0.2) is 0 Å². The van der Waals surface area contributed by atoms with E-state index in [9.17, 15) is 4.79 Å². The Bertz CT molecular complexity index is 356. The smallest absolute Gasteiger partial charge is 0.377 e. The summed E-state index contributed by atoms with van der Waals surface area (Å²) in [4.78, 5) is 11.8. The average molecular weight is 411 g/mol. The molecule has 0 aromatic carbocycles. The predicted molar refractivity (Wildman–Crippen MR) is 105 cm³/mol. The zero-order chi connectivity index (χ0) is 20.3. The van der Waals surface area contributed by atoms with Crippen LogP contribution in [0, 0.1) is 5.41 Å². The second kappa shape index (κ2) is 12.3. The fourth-order valence-corrected chi connectivity index (χ4v) is 6.92. The quantitative estimate of drug-likeness (QED) is 0.362. The molecule has 0 N–H and O–H groups in total. The SMILES string of the molecule is CO[Si](CCCC(C)(CCC[Si](OC)(OC)OC)CC(C)=O)(OC)OC. The van der Waals surface area contributed by atoms with Crippen LogP contribution in [0.2, 0.25) is 12.1 Å². The van der Waals surface area contributed by atoms with Gasteiger partial charge in [0.25, 0.3) is 0 Å². The van der Waals surface area contributed by atoms with Gasteiger partial charge in [0, 0.05) is 61.2 Å². The Labute approximate surface area is 161 Å². The highest BCUT2D eigenvalue weighted by Crippen LogP contribution is 2.36. The molecule has 26 heavy (non-hydrogen) atoms. The molecule has 0 spiro atoms. The van der Waals surface area contributed by atoms with Gasteiger partial charge >= 0.3 is 17.6 Å². The summed E-state index contributed by atoms with van der Waals surface area (Å²) in [6.07, 6.45) is 4.12. The van der Waals surface area contributed by atoms with Crippen LogP contribution in [0.1, 0.15) is 46.0 Å². The number of hydrogen-bond acceptors (Lipinski definition) is 7. The Morgan fingerprint density at radius 2 is 1.04 bits per heavy atom. The van der Waals surface area contributed by atoms with E-state index >= 15 is 0 Å². The molecule has 0 unspecified atom stereocenters. The molecule has 0 heterocycles. The summed E-state index contributed by atoms with van der Waals surface area (Å²) < 4.78 is 32.9. The Morgan fingerprint density at radius 1 is 0.731 bits per heavy atom. The van der Waals surface area contributed by atoms with Gasteiger partial charge in [-0.25, -0.2) is 0 Å². The van der Waals surface area contributed by atoms with Gasteiger partial charge in [0.1, 0.15) is 5.78 Å². The molecule has 0 bridgehead atoms. The molecule has 0 aromatic rings. The van der Waals surface area contributed by atoms with Crippen molar-refractivity contribution in [3.05, 3.63) is 0 Å². The third-order valence-electron chi connectivity index (χ3n) is 5.07. The first-order chi connectivity index (χ1) is 12.2. The summed E-state index contributed by atoms with van der Waals surface area (Å²) >= 11 is 0. The Balaban J connectivity index is 4.81. The highest BCUT2D eigenvalue weighted by molar-refractivity contribution is 6.60. The molecule has 0 aliphatic rings. The standard InChI is InChI=1S/C17H38O7Si2/c1-16(18)15-17(2,11-9-13-25(19-3,20-4)21-5)12-10-14-26(22-6,23-7)24-8/h9-15H2,1-8H3. The zero-order valence-electron chi connectivity index (χ0n) is 17.8. The second-order valence-electron chi connectivity index (χ2n) is 6.99. The van der Waals surface area contributed by atoms with Crippen LogP contribution in [-0.2, 0) is 31.4 Å². The Morgan fingerprint density at radius 3 is 1.27 bits per heavy atom. The van der Waals surface area contributed by atoms with Crippen LogP contribution < -0.4 is 0 Å². The first-order valence-electron chi connectivity index (χ1n) is 9.00. The lowest BCUT2D eigenvalue weighted by Gasteiger charge is -2.32. The Kier molecular flexibility index (Phi) is 12.3. The van der Waals surface area contributed by atoms with Gasteiger partial charge in [0.05, 0.1) is 0 Å². The van der Waals surface area contributed by atoms with E-state index < -0.39 is 17.6 Å². The van der Waals surface area contributed by atoms with E-state index in [4.69, 9.17) is 26.6 Å². The molecule has 0 rings (SSSR count). The average Bonchev–Trinajstić information content (AvgIpc) is 2.63. The lowest BCUT2D eigenvalue weighted by Crippen LogP contribution is -2.43. The molecule has 0 radical (unpaired) electrons. The van der Waals surface area contributed by atoms with Crippen LogP contribution >= 0.6 is 0 Å².